The molecule has 1 aliphatic rings. The van der Waals surface area contributed by atoms with E-state index in [2.05, 4.69) is 5.32 Å². The molecular formula is C20H22Cl2FNO. The number of carbonyl (C=O) groups is 1. The number of anilines is 1. The topological polar surface area (TPSA) is 29.1 Å². The van der Waals surface area contributed by atoms with Crippen LogP contribution in [0.5, 0.6) is 0 Å². The molecule has 3 rings (SSSR count). The van der Waals surface area contributed by atoms with Crippen molar-refractivity contribution in [2.45, 2.75) is 38.5 Å². The lowest BCUT2D eigenvalue weighted by molar-refractivity contribution is -0.117. The minimum atomic E-state index is -0.294. The fourth-order valence-corrected chi connectivity index (χ4v) is 3.16. The van der Waals surface area contributed by atoms with Gasteiger partial charge in [0.1, 0.15) is 5.82 Å². The van der Waals surface area contributed by atoms with E-state index in [1.807, 2.05) is 12.1 Å². The van der Waals surface area contributed by atoms with Crippen molar-refractivity contribution in [1.29, 1.82) is 0 Å². The molecule has 0 aliphatic heterocycles. The predicted molar refractivity (Wildman–Crippen MR) is 103 cm³/mol. The van der Waals surface area contributed by atoms with Gasteiger partial charge in [0, 0.05) is 22.2 Å². The van der Waals surface area contributed by atoms with Gasteiger partial charge in [-0.05, 0) is 61.2 Å². The first-order chi connectivity index (χ1) is 12.0. The molecule has 0 aromatic heterocycles. The van der Waals surface area contributed by atoms with Crippen molar-refractivity contribution >= 4 is 34.8 Å². The van der Waals surface area contributed by atoms with Gasteiger partial charge in [0.2, 0.25) is 5.91 Å². The summed E-state index contributed by atoms with van der Waals surface area (Å²) in [5.74, 6) is 0.410. The van der Waals surface area contributed by atoms with Crippen LogP contribution in [0.25, 0.3) is 0 Å². The zero-order chi connectivity index (χ0) is 18.1. The molecule has 0 spiro atoms. The van der Waals surface area contributed by atoms with Gasteiger partial charge in [-0.25, -0.2) is 4.39 Å². The van der Waals surface area contributed by atoms with Crippen LogP contribution in [0.3, 0.4) is 0 Å². The summed E-state index contributed by atoms with van der Waals surface area (Å²) in [5.41, 5.74) is 0.829. The fraction of sp³-hybridized carbons (Fsp3) is 0.350. The number of halogens is 3. The Kier molecular flexibility index (Phi) is 8.23. The highest BCUT2D eigenvalue weighted by molar-refractivity contribution is 6.30. The lowest BCUT2D eigenvalue weighted by Crippen LogP contribution is -2.18. The molecule has 1 aliphatic carbocycles. The maximum atomic E-state index is 12.1. The average Bonchev–Trinajstić information content (AvgIpc) is 2.58. The van der Waals surface area contributed by atoms with Crippen molar-refractivity contribution in [3.8, 4) is 0 Å². The molecule has 2 nitrogen and oxygen atoms in total. The third-order valence-electron chi connectivity index (χ3n) is 4.11. The van der Waals surface area contributed by atoms with Crippen LogP contribution in [0.15, 0.2) is 48.5 Å². The van der Waals surface area contributed by atoms with E-state index >= 15 is 0 Å². The molecule has 1 N–H and O–H groups in total. The number of amides is 1. The van der Waals surface area contributed by atoms with Gasteiger partial charge in [-0.2, -0.15) is 0 Å². The second-order valence-electron chi connectivity index (χ2n) is 6.20. The van der Waals surface area contributed by atoms with Gasteiger partial charge in [-0.1, -0.05) is 48.5 Å². The highest BCUT2D eigenvalue weighted by Gasteiger charge is 2.16. The summed E-state index contributed by atoms with van der Waals surface area (Å²) in [6.07, 6.45) is 6.94. The lowest BCUT2D eigenvalue weighted by Gasteiger charge is -2.20. The molecule has 25 heavy (non-hydrogen) atoms. The number of hydrogen-bond donors (Lipinski definition) is 1. The molecule has 0 atom stereocenters. The molecule has 2 aromatic carbocycles. The second kappa shape index (κ2) is 10.4. The number of nitrogens with one attached hydrogen (secondary N) is 1. The molecule has 0 heterocycles. The Morgan fingerprint density at radius 1 is 1.00 bits per heavy atom. The second-order valence-corrected chi connectivity index (χ2v) is 7.08. The van der Waals surface area contributed by atoms with Crippen LogP contribution in [0.2, 0.25) is 10.0 Å². The Morgan fingerprint density at radius 3 is 2.24 bits per heavy atom. The van der Waals surface area contributed by atoms with Crippen molar-refractivity contribution in [2.24, 2.45) is 5.92 Å². The van der Waals surface area contributed by atoms with Gasteiger partial charge in [0.05, 0.1) is 0 Å². The van der Waals surface area contributed by atoms with E-state index in [9.17, 15) is 9.18 Å². The van der Waals surface area contributed by atoms with E-state index in [1.165, 1.54) is 44.2 Å². The van der Waals surface area contributed by atoms with Crippen molar-refractivity contribution in [3.05, 3.63) is 64.4 Å². The van der Waals surface area contributed by atoms with Crippen molar-refractivity contribution < 1.29 is 9.18 Å². The van der Waals surface area contributed by atoms with E-state index in [0.29, 0.717) is 22.4 Å². The third kappa shape index (κ3) is 7.89. The minimum absolute atomic E-state index is 0.124. The summed E-state index contributed by atoms with van der Waals surface area (Å²) in [6.45, 7) is 0. The van der Waals surface area contributed by atoms with Gasteiger partial charge in [-0.15, -0.1) is 0 Å². The summed E-state index contributed by atoms with van der Waals surface area (Å²) in [7, 11) is 0. The van der Waals surface area contributed by atoms with Gasteiger partial charge < -0.3 is 5.32 Å². The zero-order valence-corrected chi connectivity index (χ0v) is 15.5. The summed E-state index contributed by atoms with van der Waals surface area (Å²) < 4.78 is 12.1. The van der Waals surface area contributed by atoms with Crippen LogP contribution in [-0.2, 0) is 4.79 Å². The molecular weight excluding hydrogens is 360 g/mol. The van der Waals surface area contributed by atoms with E-state index in [4.69, 9.17) is 23.2 Å². The van der Waals surface area contributed by atoms with E-state index < -0.39 is 0 Å². The van der Waals surface area contributed by atoms with Crippen LogP contribution in [0.1, 0.15) is 38.5 Å². The number of benzene rings is 2. The van der Waals surface area contributed by atoms with E-state index in [0.717, 1.165) is 5.69 Å². The average molecular weight is 382 g/mol. The zero-order valence-electron chi connectivity index (χ0n) is 14.0. The fourth-order valence-electron chi connectivity index (χ4n) is 2.86. The van der Waals surface area contributed by atoms with Crippen LogP contribution in [-0.4, -0.2) is 5.91 Å². The van der Waals surface area contributed by atoms with Crippen molar-refractivity contribution in [1.82, 2.24) is 0 Å². The largest absolute Gasteiger partial charge is 0.326 e. The SMILES string of the molecule is Fc1cccc(Cl)c1.O=C(CC1CCCCC1)Nc1ccc(Cl)cc1. The van der Waals surface area contributed by atoms with Gasteiger partial charge in [0.15, 0.2) is 0 Å². The maximum absolute atomic E-state index is 12.1. The van der Waals surface area contributed by atoms with Crippen molar-refractivity contribution in [3.63, 3.8) is 0 Å². The quantitative estimate of drug-likeness (QED) is 0.627. The van der Waals surface area contributed by atoms with Crippen LogP contribution >= 0.6 is 23.2 Å². The first-order valence-corrected chi connectivity index (χ1v) is 9.25. The highest BCUT2D eigenvalue weighted by Crippen LogP contribution is 2.26. The van der Waals surface area contributed by atoms with E-state index in [1.54, 1.807) is 24.3 Å². The molecule has 0 bridgehead atoms. The van der Waals surface area contributed by atoms with Crippen LogP contribution in [0.4, 0.5) is 10.1 Å². The number of rotatable bonds is 3. The smallest absolute Gasteiger partial charge is 0.224 e. The molecule has 5 heteroatoms. The molecule has 134 valence electrons. The van der Waals surface area contributed by atoms with Crippen LogP contribution < -0.4 is 5.32 Å². The molecule has 2 aromatic rings. The third-order valence-corrected chi connectivity index (χ3v) is 4.60. The monoisotopic (exact) mass is 381 g/mol. The predicted octanol–water partition coefficient (Wildman–Crippen LogP) is 6.73. The Bertz CT molecular complexity index is 652. The standard InChI is InChI=1S/C14H18ClNO.C6H4ClF/c15-12-6-8-13(9-7-12)16-14(17)10-11-4-2-1-3-5-11;7-5-2-1-3-6(8)4-5/h6-9,11H,1-5,10H2,(H,16,17);1-4H. The number of hydrogen-bond acceptors (Lipinski definition) is 1. The Balaban J connectivity index is 0.000000236. The lowest BCUT2D eigenvalue weighted by atomic mass is 9.87. The summed E-state index contributed by atoms with van der Waals surface area (Å²) in [5, 5.41) is 4.04. The molecule has 1 saturated carbocycles. The highest BCUT2D eigenvalue weighted by atomic mass is 35.5. The van der Waals surface area contributed by atoms with Gasteiger partial charge in [-0.3, -0.25) is 4.79 Å². The Labute approximate surface area is 158 Å². The normalized spacial score (nSPS) is 14.4. The minimum Gasteiger partial charge on any atom is -0.326 e. The summed E-state index contributed by atoms with van der Waals surface area (Å²) >= 11 is 11.2. The van der Waals surface area contributed by atoms with Crippen molar-refractivity contribution in [2.75, 3.05) is 5.32 Å². The first-order valence-electron chi connectivity index (χ1n) is 8.49. The number of carbonyl (C=O) groups excluding carboxylic acids is 1. The molecule has 1 amide bonds. The first kappa shape index (κ1) is 19.7. The Morgan fingerprint density at radius 2 is 1.68 bits per heavy atom. The van der Waals surface area contributed by atoms with Gasteiger partial charge >= 0.3 is 0 Å². The summed E-state index contributed by atoms with van der Waals surface area (Å²) in [4.78, 5) is 11.8. The van der Waals surface area contributed by atoms with Crippen LogP contribution in [0, 0.1) is 11.7 Å². The molecule has 0 unspecified atom stereocenters. The van der Waals surface area contributed by atoms with Gasteiger partial charge in [0.25, 0.3) is 0 Å². The molecule has 1 fully saturated rings. The molecule has 0 saturated heterocycles. The Hall–Kier alpha value is -1.58. The molecule has 0 radical (unpaired) electrons. The van der Waals surface area contributed by atoms with E-state index in [-0.39, 0.29) is 11.7 Å². The summed E-state index contributed by atoms with van der Waals surface area (Å²) in [6, 6.07) is 13.1. The maximum Gasteiger partial charge on any atom is 0.224 e.